The molecule has 0 aromatic heterocycles. The van der Waals surface area contributed by atoms with Gasteiger partial charge in [-0.05, 0) is 33.1 Å². The van der Waals surface area contributed by atoms with Gasteiger partial charge in [0.25, 0.3) is 0 Å². The minimum absolute atomic E-state index is 0. The lowest BCUT2D eigenvalue weighted by molar-refractivity contribution is 0.465. The van der Waals surface area contributed by atoms with Crippen LogP contribution in [0.5, 0.6) is 0 Å². The molecule has 1 rings (SSSR count). The summed E-state index contributed by atoms with van der Waals surface area (Å²) in [6.07, 6.45) is 3.15. The Morgan fingerprint density at radius 1 is 1.35 bits per heavy atom. The Kier molecular flexibility index (Phi) is 9.73. The van der Waals surface area contributed by atoms with E-state index in [1.807, 2.05) is 6.92 Å². The quantitative estimate of drug-likeness (QED) is 0.267. The molecule has 0 radical (unpaired) electrons. The van der Waals surface area contributed by atoms with Gasteiger partial charge in [-0.2, -0.15) is 0 Å². The molecule has 20 heavy (non-hydrogen) atoms. The first-order valence-corrected chi connectivity index (χ1v) is 8.59. The summed E-state index contributed by atoms with van der Waals surface area (Å²) in [5.41, 5.74) is 0. The molecule has 0 bridgehead atoms. The molecule has 0 aromatic rings. The molecule has 0 amide bonds. The zero-order valence-electron chi connectivity index (χ0n) is 12.6. The maximum absolute atomic E-state index is 11.5. The van der Waals surface area contributed by atoms with Gasteiger partial charge in [-0.1, -0.05) is 0 Å². The average molecular weight is 418 g/mol. The van der Waals surface area contributed by atoms with E-state index in [4.69, 9.17) is 0 Å². The third-order valence-corrected chi connectivity index (χ3v) is 4.87. The predicted molar refractivity (Wildman–Crippen MR) is 94.3 cm³/mol. The average Bonchev–Trinajstić information content (AvgIpc) is 3.18. The number of sulfonamides is 1. The molecule has 0 aromatic carbocycles. The van der Waals surface area contributed by atoms with E-state index in [0.29, 0.717) is 19.1 Å². The summed E-state index contributed by atoms with van der Waals surface area (Å²) in [5, 5.41) is 6.52. The van der Waals surface area contributed by atoms with E-state index in [1.165, 1.54) is 17.1 Å². The maximum atomic E-state index is 11.5. The number of halogens is 1. The predicted octanol–water partition coefficient (Wildman–Crippen LogP) is 0.994. The van der Waals surface area contributed by atoms with Gasteiger partial charge in [-0.15, -0.1) is 24.0 Å². The Bertz CT molecular complexity index is 396. The van der Waals surface area contributed by atoms with Gasteiger partial charge in [-0.3, -0.25) is 4.99 Å². The molecule has 120 valence electrons. The van der Waals surface area contributed by atoms with Crippen LogP contribution in [0.2, 0.25) is 0 Å². The summed E-state index contributed by atoms with van der Waals surface area (Å²) in [5.74, 6) is 0.990. The molecule has 0 atom stereocenters. The van der Waals surface area contributed by atoms with Crippen LogP contribution in [0.25, 0.3) is 0 Å². The smallest absolute Gasteiger partial charge is 0.213 e. The lowest BCUT2D eigenvalue weighted by Gasteiger charge is -2.15. The highest BCUT2D eigenvalue weighted by atomic mass is 127. The van der Waals surface area contributed by atoms with Crippen LogP contribution in [-0.2, 0) is 10.0 Å². The first-order chi connectivity index (χ1) is 8.99. The maximum Gasteiger partial charge on any atom is 0.213 e. The van der Waals surface area contributed by atoms with Crippen LogP contribution in [0.15, 0.2) is 4.99 Å². The number of nitrogens with zero attached hydrogens (tertiary/aromatic N) is 2. The Balaban J connectivity index is 0.00000361. The van der Waals surface area contributed by atoms with Gasteiger partial charge in [0.05, 0.1) is 5.75 Å². The summed E-state index contributed by atoms with van der Waals surface area (Å²) in [7, 11) is -1.44. The first-order valence-electron chi connectivity index (χ1n) is 6.98. The van der Waals surface area contributed by atoms with Crippen molar-refractivity contribution in [1.29, 1.82) is 0 Å². The van der Waals surface area contributed by atoms with Gasteiger partial charge >= 0.3 is 0 Å². The fourth-order valence-corrected chi connectivity index (χ4v) is 2.43. The van der Waals surface area contributed by atoms with Crippen molar-refractivity contribution in [2.24, 2.45) is 4.99 Å². The van der Waals surface area contributed by atoms with Crippen molar-refractivity contribution in [2.75, 3.05) is 32.4 Å². The number of rotatable bonds is 8. The van der Waals surface area contributed by atoms with Crippen molar-refractivity contribution in [2.45, 2.75) is 39.2 Å². The minimum atomic E-state index is -3.06. The fourth-order valence-electron chi connectivity index (χ4n) is 1.58. The normalized spacial score (nSPS) is 15.9. The Morgan fingerprint density at radius 2 is 2.00 bits per heavy atom. The second-order valence-electron chi connectivity index (χ2n) is 4.75. The SMILES string of the molecule is CCNC(=NCCCN(C)S(=O)(=O)CC)NC1CC1.I. The molecule has 1 aliphatic rings. The standard InChI is InChI=1S/C12H26N4O2S.HI/c1-4-13-12(15-11-7-8-11)14-9-6-10-16(3)19(17,18)5-2;/h11H,4-10H2,1-3H3,(H2,13,14,15);1H. The summed E-state index contributed by atoms with van der Waals surface area (Å²) < 4.78 is 24.5. The molecular weight excluding hydrogens is 391 g/mol. The van der Waals surface area contributed by atoms with E-state index < -0.39 is 10.0 Å². The Hall–Kier alpha value is -0.0900. The largest absolute Gasteiger partial charge is 0.357 e. The van der Waals surface area contributed by atoms with E-state index >= 15 is 0 Å². The molecule has 1 fully saturated rings. The van der Waals surface area contributed by atoms with Crippen LogP contribution in [0, 0.1) is 0 Å². The lowest BCUT2D eigenvalue weighted by atomic mass is 10.4. The molecule has 8 heteroatoms. The van der Waals surface area contributed by atoms with E-state index in [-0.39, 0.29) is 29.7 Å². The van der Waals surface area contributed by atoms with Crippen molar-refractivity contribution in [3.05, 3.63) is 0 Å². The van der Waals surface area contributed by atoms with E-state index in [0.717, 1.165) is 18.9 Å². The van der Waals surface area contributed by atoms with Crippen molar-refractivity contribution in [3.63, 3.8) is 0 Å². The molecule has 1 saturated carbocycles. The van der Waals surface area contributed by atoms with E-state index in [1.54, 1.807) is 14.0 Å². The summed E-state index contributed by atoms with van der Waals surface area (Å²) >= 11 is 0. The van der Waals surface area contributed by atoms with Gasteiger partial charge in [-0.25, -0.2) is 12.7 Å². The number of hydrogen-bond acceptors (Lipinski definition) is 3. The Labute approximate surface area is 139 Å². The van der Waals surface area contributed by atoms with Crippen LogP contribution in [0.4, 0.5) is 0 Å². The molecular formula is C12H27IN4O2S. The van der Waals surface area contributed by atoms with Gasteiger partial charge in [0.2, 0.25) is 10.0 Å². The van der Waals surface area contributed by atoms with Gasteiger partial charge < -0.3 is 10.6 Å². The Morgan fingerprint density at radius 3 is 2.50 bits per heavy atom. The van der Waals surface area contributed by atoms with Gasteiger partial charge in [0.15, 0.2) is 5.96 Å². The second-order valence-corrected chi connectivity index (χ2v) is 7.12. The molecule has 0 aliphatic heterocycles. The van der Waals surface area contributed by atoms with E-state index in [9.17, 15) is 8.42 Å². The molecule has 0 heterocycles. The third-order valence-electron chi connectivity index (χ3n) is 3.00. The zero-order valence-corrected chi connectivity index (χ0v) is 15.7. The van der Waals surface area contributed by atoms with Crippen molar-refractivity contribution in [1.82, 2.24) is 14.9 Å². The van der Waals surface area contributed by atoms with Crippen LogP contribution in [0.1, 0.15) is 33.1 Å². The number of aliphatic imine (C=N–C) groups is 1. The fraction of sp³-hybridized carbons (Fsp3) is 0.917. The topological polar surface area (TPSA) is 73.8 Å². The highest BCUT2D eigenvalue weighted by molar-refractivity contribution is 14.0. The molecule has 2 N–H and O–H groups in total. The monoisotopic (exact) mass is 418 g/mol. The summed E-state index contributed by atoms with van der Waals surface area (Å²) in [6, 6.07) is 0.570. The van der Waals surface area contributed by atoms with Gasteiger partial charge in [0.1, 0.15) is 0 Å². The molecule has 6 nitrogen and oxygen atoms in total. The molecule has 0 spiro atoms. The first kappa shape index (κ1) is 19.9. The minimum Gasteiger partial charge on any atom is -0.357 e. The van der Waals surface area contributed by atoms with Crippen molar-refractivity contribution >= 4 is 40.0 Å². The van der Waals surface area contributed by atoms with Gasteiger partial charge in [0, 0.05) is 32.7 Å². The van der Waals surface area contributed by atoms with E-state index in [2.05, 4.69) is 15.6 Å². The number of hydrogen-bond donors (Lipinski definition) is 2. The van der Waals surface area contributed by atoms with Crippen LogP contribution < -0.4 is 10.6 Å². The lowest BCUT2D eigenvalue weighted by Crippen LogP contribution is -2.38. The van der Waals surface area contributed by atoms with Crippen LogP contribution >= 0.6 is 24.0 Å². The van der Waals surface area contributed by atoms with Crippen LogP contribution in [0.3, 0.4) is 0 Å². The third kappa shape index (κ3) is 7.63. The summed E-state index contributed by atoms with van der Waals surface area (Å²) in [4.78, 5) is 4.45. The zero-order chi connectivity index (χ0) is 14.3. The molecule has 0 saturated heterocycles. The second kappa shape index (κ2) is 9.78. The van der Waals surface area contributed by atoms with Crippen molar-refractivity contribution < 1.29 is 8.42 Å². The van der Waals surface area contributed by atoms with Crippen molar-refractivity contribution in [3.8, 4) is 0 Å². The molecule has 0 unspecified atom stereocenters. The highest BCUT2D eigenvalue weighted by Gasteiger charge is 2.22. The highest BCUT2D eigenvalue weighted by Crippen LogP contribution is 2.18. The summed E-state index contributed by atoms with van der Waals surface area (Å²) in [6.45, 7) is 5.68. The van der Waals surface area contributed by atoms with Crippen LogP contribution in [-0.4, -0.2) is 57.2 Å². The molecule has 1 aliphatic carbocycles. The number of nitrogens with one attached hydrogen (secondary N) is 2. The number of guanidine groups is 1.